The van der Waals surface area contributed by atoms with E-state index in [9.17, 15) is 4.79 Å². The van der Waals surface area contributed by atoms with Gasteiger partial charge in [-0.3, -0.25) is 0 Å². The van der Waals surface area contributed by atoms with Gasteiger partial charge in [-0.25, -0.2) is 4.79 Å². The molecule has 0 aliphatic heterocycles. The minimum absolute atomic E-state index is 0.0816. The Morgan fingerprint density at radius 1 is 1.44 bits per heavy atom. The predicted molar refractivity (Wildman–Crippen MR) is 71.1 cm³/mol. The molecule has 0 aromatic heterocycles. The van der Waals surface area contributed by atoms with Crippen LogP contribution >= 0.6 is 22.6 Å². The zero-order chi connectivity index (χ0) is 12.1. The lowest BCUT2D eigenvalue weighted by atomic mass is 10.2. The number of carboxylic acid groups (broad SMARTS) is 1. The van der Waals surface area contributed by atoms with E-state index in [2.05, 4.69) is 22.6 Å². The Hall–Kier alpha value is -0.780. The topological polar surface area (TPSA) is 46.5 Å². The second-order valence-electron chi connectivity index (χ2n) is 3.50. The predicted octanol–water partition coefficient (Wildman–Crippen LogP) is 3.56. The molecule has 0 heterocycles. The van der Waals surface area contributed by atoms with Gasteiger partial charge in [0.15, 0.2) is 0 Å². The van der Waals surface area contributed by atoms with E-state index >= 15 is 0 Å². The van der Waals surface area contributed by atoms with Crippen molar-refractivity contribution in [2.24, 2.45) is 0 Å². The van der Waals surface area contributed by atoms with E-state index in [1.54, 1.807) is 12.1 Å². The van der Waals surface area contributed by atoms with E-state index in [0.717, 1.165) is 16.4 Å². The largest absolute Gasteiger partial charge is 0.490 e. The van der Waals surface area contributed by atoms with Crippen molar-refractivity contribution in [3.8, 4) is 5.75 Å². The fraction of sp³-hybridized carbons (Fsp3) is 0.417. The second-order valence-corrected chi connectivity index (χ2v) is 4.75. The average molecular weight is 334 g/mol. The minimum Gasteiger partial charge on any atom is -0.490 e. The van der Waals surface area contributed by atoms with Gasteiger partial charge in [0.1, 0.15) is 11.3 Å². The average Bonchev–Trinajstić information content (AvgIpc) is 2.27. The molecule has 88 valence electrons. The fourth-order valence-corrected chi connectivity index (χ4v) is 1.90. The molecule has 0 aliphatic carbocycles. The van der Waals surface area contributed by atoms with Crippen LogP contribution in [0.4, 0.5) is 0 Å². The van der Waals surface area contributed by atoms with Crippen molar-refractivity contribution < 1.29 is 14.6 Å². The van der Waals surface area contributed by atoms with Crippen LogP contribution in [0.15, 0.2) is 18.2 Å². The Bertz CT molecular complexity index is 373. The molecule has 0 atom stereocenters. The smallest absolute Gasteiger partial charge is 0.339 e. The van der Waals surface area contributed by atoms with E-state index in [1.165, 1.54) is 0 Å². The van der Waals surface area contributed by atoms with E-state index in [1.807, 2.05) is 19.9 Å². The quantitative estimate of drug-likeness (QED) is 0.838. The number of aromatic carboxylic acids is 1. The molecule has 1 rings (SSSR count). The van der Waals surface area contributed by atoms with Gasteiger partial charge < -0.3 is 9.84 Å². The number of carbonyl (C=O) groups is 1. The van der Waals surface area contributed by atoms with Crippen LogP contribution in [0.3, 0.4) is 0 Å². The van der Waals surface area contributed by atoms with Gasteiger partial charge in [0.25, 0.3) is 0 Å². The summed E-state index contributed by atoms with van der Waals surface area (Å²) in [5.41, 5.74) is 0.235. The Morgan fingerprint density at radius 2 is 2.06 bits per heavy atom. The standard InChI is InChI=1S/C12H15IO3/c1-3-9(4-2)16-11-6-5-8(13)7-10(11)12(14)15/h5-7,9H,3-4H2,1-2H3,(H,14,15). The van der Waals surface area contributed by atoms with Gasteiger partial charge in [-0.1, -0.05) is 13.8 Å². The first kappa shape index (κ1) is 13.3. The van der Waals surface area contributed by atoms with Crippen molar-refractivity contribution in [1.82, 2.24) is 0 Å². The molecule has 0 saturated heterocycles. The minimum atomic E-state index is -0.945. The highest BCUT2D eigenvalue weighted by Gasteiger charge is 2.14. The Labute approximate surface area is 109 Å². The summed E-state index contributed by atoms with van der Waals surface area (Å²) in [6.07, 6.45) is 1.83. The Balaban J connectivity index is 2.98. The number of carboxylic acids is 1. The van der Waals surface area contributed by atoms with Gasteiger partial charge in [-0.05, 0) is 53.6 Å². The Kier molecular flexibility index (Phi) is 5.05. The monoisotopic (exact) mass is 334 g/mol. The lowest BCUT2D eigenvalue weighted by molar-refractivity contribution is 0.0688. The molecule has 1 N–H and O–H groups in total. The number of rotatable bonds is 5. The second kappa shape index (κ2) is 6.08. The molecule has 1 aromatic carbocycles. The van der Waals surface area contributed by atoms with Crippen molar-refractivity contribution >= 4 is 28.6 Å². The van der Waals surface area contributed by atoms with Crippen LogP contribution in [0.5, 0.6) is 5.75 Å². The van der Waals surface area contributed by atoms with Gasteiger partial charge in [0.2, 0.25) is 0 Å². The van der Waals surface area contributed by atoms with E-state index < -0.39 is 5.97 Å². The molecule has 4 heteroatoms. The molecule has 0 unspecified atom stereocenters. The molecule has 0 radical (unpaired) electrons. The summed E-state index contributed by atoms with van der Waals surface area (Å²) in [7, 11) is 0. The first-order chi connectivity index (χ1) is 7.58. The van der Waals surface area contributed by atoms with Gasteiger partial charge >= 0.3 is 5.97 Å². The van der Waals surface area contributed by atoms with Crippen molar-refractivity contribution in [3.63, 3.8) is 0 Å². The first-order valence-corrected chi connectivity index (χ1v) is 6.35. The van der Waals surface area contributed by atoms with Gasteiger partial charge in [-0.2, -0.15) is 0 Å². The Morgan fingerprint density at radius 3 is 2.56 bits per heavy atom. The normalized spacial score (nSPS) is 10.5. The molecule has 16 heavy (non-hydrogen) atoms. The summed E-state index contributed by atoms with van der Waals surface area (Å²) in [6.45, 7) is 4.06. The third-order valence-corrected chi connectivity index (χ3v) is 3.05. The molecule has 0 aliphatic rings. The van der Waals surface area contributed by atoms with Crippen LogP contribution < -0.4 is 4.74 Å². The number of halogens is 1. The summed E-state index contributed by atoms with van der Waals surface area (Å²) >= 11 is 2.09. The number of hydrogen-bond acceptors (Lipinski definition) is 2. The third kappa shape index (κ3) is 3.37. The fourth-order valence-electron chi connectivity index (χ4n) is 1.41. The van der Waals surface area contributed by atoms with Crippen molar-refractivity contribution in [2.45, 2.75) is 32.8 Å². The maximum absolute atomic E-state index is 11.0. The summed E-state index contributed by atoms with van der Waals surface area (Å²) in [5, 5.41) is 9.07. The van der Waals surface area contributed by atoms with Crippen molar-refractivity contribution in [1.29, 1.82) is 0 Å². The van der Waals surface area contributed by atoms with Crippen LogP contribution in [0.2, 0.25) is 0 Å². The summed E-state index contributed by atoms with van der Waals surface area (Å²) in [5.74, 6) is -0.485. The molecule has 0 spiro atoms. The highest BCUT2D eigenvalue weighted by molar-refractivity contribution is 14.1. The number of ether oxygens (including phenoxy) is 1. The van der Waals surface area contributed by atoms with E-state index in [-0.39, 0.29) is 11.7 Å². The molecular weight excluding hydrogens is 319 g/mol. The maximum Gasteiger partial charge on any atom is 0.339 e. The highest BCUT2D eigenvalue weighted by Crippen LogP contribution is 2.23. The van der Waals surface area contributed by atoms with Gasteiger partial charge in [-0.15, -0.1) is 0 Å². The van der Waals surface area contributed by atoms with Crippen LogP contribution in [0, 0.1) is 3.57 Å². The maximum atomic E-state index is 11.0. The molecule has 0 bridgehead atoms. The summed E-state index contributed by atoms with van der Waals surface area (Å²) < 4.78 is 6.57. The summed E-state index contributed by atoms with van der Waals surface area (Å²) in [4.78, 5) is 11.0. The van der Waals surface area contributed by atoms with E-state index in [4.69, 9.17) is 9.84 Å². The van der Waals surface area contributed by atoms with Crippen LogP contribution in [-0.4, -0.2) is 17.2 Å². The summed E-state index contributed by atoms with van der Waals surface area (Å²) in [6, 6.07) is 5.20. The van der Waals surface area contributed by atoms with Crippen molar-refractivity contribution in [2.75, 3.05) is 0 Å². The van der Waals surface area contributed by atoms with Crippen LogP contribution in [0.1, 0.15) is 37.0 Å². The highest BCUT2D eigenvalue weighted by atomic mass is 127. The zero-order valence-electron chi connectivity index (χ0n) is 9.37. The van der Waals surface area contributed by atoms with Crippen molar-refractivity contribution in [3.05, 3.63) is 27.3 Å². The van der Waals surface area contributed by atoms with Crippen LogP contribution in [-0.2, 0) is 0 Å². The zero-order valence-corrected chi connectivity index (χ0v) is 11.5. The molecule has 0 fully saturated rings. The number of benzene rings is 1. The molecule has 1 aromatic rings. The first-order valence-electron chi connectivity index (χ1n) is 5.28. The third-order valence-electron chi connectivity index (χ3n) is 2.38. The molecule has 3 nitrogen and oxygen atoms in total. The lowest BCUT2D eigenvalue weighted by Crippen LogP contribution is -2.15. The lowest BCUT2D eigenvalue weighted by Gasteiger charge is -2.17. The van der Waals surface area contributed by atoms with E-state index in [0.29, 0.717) is 5.75 Å². The van der Waals surface area contributed by atoms with Crippen LogP contribution in [0.25, 0.3) is 0 Å². The molecule has 0 amide bonds. The number of hydrogen-bond donors (Lipinski definition) is 1. The molecular formula is C12H15IO3. The van der Waals surface area contributed by atoms with Gasteiger partial charge in [0, 0.05) is 3.57 Å². The van der Waals surface area contributed by atoms with Gasteiger partial charge in [0.05, 0.1) is 6.10 Å². The molecule has 0 saturated carbocycles. The SMILES string of the molecule is CCC(CC)Oc1ccc(I)cc1C(=O)O.